The summed E-state index contributed by atoms with van der Waals surface area (Å²) in [5, 5.41) is 0. The number of ether oxygens (including phenoxy) is 2. The SMILES string of the molecule is COC(=O)c1c2nc(c(C(F)(F)F)c3nc(c(C(=O)OC)c4ccc([nH]4)c(C(F)(F)F)c4ccc1[nH]4)C=C3)C=C2. The lowest BCUT2D eigenvalue weighted by Crippen LogP contribution is -2.11. The van der Waals surface area contributed by atoms with Crippen molar-refractivity contribution in [3.8, 4) is 0 Å². The number of H-pyrrole nitrogens is 2. The number of methoxy groups -OCH3 is 2. The number of aromatic amines is 2. The number of rotatable bonds is 2. The van der Waals surface area contributed by atoms with Gasteiger partial charge in [0.25, 0.3) is 0 Å². The number of halogens is 6. The molecule has 0 radical (unpaired) electrons. The van der Waals surface area contributed by atoms with Crippen LogP contribution in [0.4, 0.5) is 26.3 Å². The fourth-order valence-corrected chi connectivity index (χ4v) is 4.44. The molecule has 5 heterocycles. The van der Waals surface area contributed by atoms with Crippen LogP contribution < -0.4 is 0 Å². The van der Waals surface area contributed by atoms with Crippen LogP contribution >= 0.6 is 0 Å². The number of carbonyl (C=O) groups is 2. The fourth-order valence-electron chi connectivity index (χ4n) is 4.44. The average molecular weight is 562 g/mol. The van der Waals surface area contributed by atoms with E-state index >= 15 is 0 Å². The molecule has 40 heavy (non-hydrogen) atoms. The topological polar surface area (TPSA) is 110 Å². The van der Waals surface area contributed by atoms with Crippen molar-refractivity contribution in [1.82, 2.24) is 19.9 Å². The van der Waals surface area contributed by atoms with E-state index in [1.165, 1.54) is 0 Å². The first-order valence-corrected chi connectivity index (χ1v) is 11.3. The predicted molar refractivity (Wildman–Crippen MR) is 132 cm³/mol. The lowest BCUT2D eigenvalue weighted by atomic mass is 10.1. The Morgan fingerprint density at radius 1 is 0.600 bits per heavy atom. The molecule has 8 bridgehead atoms. The van der Waals surface area contributed by atoms with Gasteiger partial charge in [-0.15, -0.1) is 0 Å². The number of esters is 2. The summed E-state index contributed by atoms with van der Waals surface area (Å²) in [6.45, 7) is 0. The zero-order valence-corrected chi connectivity index (χ0v) is 20.4. The number of carbonyl (C=O) groups excluding carboxylic acids is 2. The maximum absolute atomic E-state index is 14.3. The van der Waals surface area contributed by atoms with Crippen molar-refractivity contribution in [3.05, 3.63) is 69.3 Å². The van der Waals surface area contributed by atoms with E-state index < -0.39 is 57.8 Å². The molecule has 0 amide bonds. The van der Waals surface area contributed by atoms with Crippen molar-refractivity contribution >= 4 is 58.3 Å². The van der Waals surface area contributed by atoms with E-state index in [0.29, 0.717) is 0 Å². The first kappa shape index (κ1) is 26.7. The second-order valence-electron chi connectivity index (χ2n) is 8.48. The molecule has 2 aliphatic heterocycles. The van der Waals surface area contributed by atoms with Crippen LogP contribution in [0.25, 0.3) is 46.4 Å². The van der Waals surface area contributed by atoms with Crippen molar-refractivity contribution in [3.63, 3.8) is 0 Å². The van der Waals surface area contributed by atoms with Gasteiger partial charge in [0.2, 0.25) is 0 Å². The molecule has 0 fully saturated rings. The van der Waals surface area contributed by atoms with Crippen LogP contribution in [0.5, 0.6) is 0 Å². The van der Waals surface area contributed by atoms with Crippen LogP contribution in [-0.4, -0.2) is 46.1 Å². The number of alkyl halides is 6. The van der Waals surface area contributed by atoms with E-state index in [2.05, 4.69) is 19.9 Å². The molecule has 0 spiro atoms. The first-order valence-electron chi connectivity index (χ1n) is 11.3. The minimum atomic E-state index is -4.98. The highest BCUT2D eigenvalue weighted by Crippen LogP contribution is 2.38. The normalized spacial score (nSPS) is 13.0. The predicted octanol–water partition coefficient (Wildman–Crippen LogP) is 6.27. The van der Waals surface area contributed by atoms with Crippen molar-refractivity contribution in [2.24, 2.45) is 0 Å². The Kier molecular flexibility index (Phi) is 6.27. The van der Waals surface area contributed by atoms with Crippen molar-refractivity contribution in [2.45, 2.75) is 12.4 Å². The van der Waals surface area contributed by atoms with Gasteiger partial charge in [0.05, 0.1) is 59.1 Å². The van der Waals surface area contributed by atoms with Crippen LogP contribution in [0.1, 0.15) is 54.6 Å². The largest absolute Gasteiger partial charge is 0.465 e. The van der Waals surface area contributed by atoms with E-state index in [1.54, 1.807) is 0 Å². The molecule has 14 heteroatoms. The molecule has 206 valence electrons. The third kappa shape index (κ3) is 4.50. The van der Waals surface area contributed by atoms with E-state index in [4.69, 9.17) is 9.47 Å². The van der Waals surface area contributed by atoms with Crippen LogP contribution in [0.2, 0.25) is 0 Å². The molecule has 2 aliphatic rings. The first-order chi connectivity index (χ1) is 18.8. The highest BCUT2D eigenvalue weighted by molar-refractivity contribution is 6.03. The summed E-state index contributed by atoms with van der Waals surface area (Å²) >= 11 is 0. The number of hydrogen-bond donors (Lipinski definition) is 2. The molecule has 0 aromatic carbocycles. The molecule has 0 saturated heterocycles. The summed E-state index contributed by atoms with van der Waals surface area (Å²) in [5.41, 5.74) is -6.34. The monoisotopic (exact) mass is 562 g/mol. The summed E-state index contributed by atoms with van der Waals surface area (Å²) < 4.78 is 95.3. The number of hydrogen-bond acceptors (Lipinski definition) is 6. The van der Waals surface area contributed by atoms with Gasteiger partial charge < -0.3 is 19.4 Å². The van der Waals surface area contributed by atoms with Crippen LogP contribution in [0.3, 0.4) is 0 Å². The Labute approximate surface area is 220 Å². The Hall–Kier alpha value is -4.88. The molecule has 0 atom stereocenters. The Morgan fingerprint density at radius 3 is 1.30 bits per heavy atom. The molecule has 5 rings (SSSR count). The highest BCUT2D eigenvalue weighted by Gasteiger charge is 2.38. The summed E-state index contributed by atoms with van der Waals surface area (Å²) in [4.78, 5) is 38.3. The van der Waals surface area contributed by atoms with Gasteiger partial charge in [0.1, 0.15) is 22.3 Å². The number of aromatic nitrogens is 4. The van der Waals surface area contributed by atoms with Crippen molar-refractivity contribution < 1.29 is 45.4 Å². The van der Waals surface area contributed by atoms with Gasteiger partial charge in [0, 0.05) is 0 Å². The van der Waals surface area contributed by atoms with Gasteiger partial charge in [-0.1, -0.05) is 0 Å². The average Bonchev–Trinajstić information content (AvgIpc) is 3.67. The zero-order valence-electron chi connectivity index (χ0n) is 20.4. The van der Waals surface area contributed by atoms with Gasteiger partial charge in [-0.2, -0.15) is 26.3 Å². The van der Waals surface area contributed by atoms with Gasteiger partial charge in [-0.3, -0.25) is 0 Å². The standard InChI is InChI=1S/C26H16F6N4O4/c1-39-23(37)19-11-3-7-15(33-11)21(25(27,28)29)17-9-5-13(35-17)20(24(38)40-2)14-6-10-18(36-14)22(26(30,31)32)16-8-4-12(19)34-16/h3-10,33,35H,1-2H3. The Morgan fingerprint density at radius 2 is 0.950 bits per heavy atom. The fraction of sp³-hybridized carbons (Fsp3) is 0.154. The van der Waals surface area contributed by atoms with E-state index in [0.717, 1.165) is 62.8 Å². The smallest absolute Gasteiger partial charge is 0.420 e. The quantitative estimate of drug-likeness (QED) is 0.194. The van der Waals surface area contributed by atoms with Crippen LogP contribution in [-0.2, 0) is 21.8 Å². The number of nitrogens with zero attached hydrogens (tertiary/aromatic N) is 2. The lowest BCUT2D eigenvalue weighted by molar-refractivity contribution is -0.138. The summed E-state index contributed by atoms with van der Waals surface area (Å²) in [6, 6.07) is 4.39. The summed E-state index contributed by atoms with van der Waals surface area (Å²) in [5.74, 6) is -2.09. The van der Waals surface area contributed by atoms with Gasteiger partial charge in [-0.05, 0) is 48.6 Å². The molecule has 2 N–H and O–H groups in total. The maximum atomic E-state index is 14.3. The molecule has 0 unspecified atom stereocenters. The molecule has 0 saturated carbocycles. The minimum Gasteiger partial charge on any atom is -0.465 e. The summed E-state index contributed by atoms with van der Waals surface area (Å²) in [6.07, 6.45) is -5.71. The zero-order chi connectivity index (χ0) is 29.0. The number of fused-ring (bicyclic) bond motifs is 8. The third-order valence-corrected chi connectivity index (χ3v) is 6.10. The highest BCUT2D eigenvalue weighted by atomic mass is 19.4. The van der Waals surface area contributed by atoms with Crippen molar-refractivity contribution in [2.75, 3.05) is 14.2 Å². The van der Waals surface area contributed by atoms with E-state index in [1.807, 2.05) is 0 Å². The minimum absolute atomic E-state index is 0.184. The Balaban J connectivity index is 2.07. The lowest BCUT2D eigenvalue weighted by Gasteiger charge is -2.08. The molecule has 8 nitrogen and oxygen atoms in total. The molecule has 0 aliphatic carbocycles. The van der Waals surface area contributed by atoms with E-state index in [-0.39, 0.29) is 33.5 Å². The van der Waals surface area contributed by atoms with Crippen molar-refractivity contribution in [1.29, 1.82) is 0 Å². The Bertz CT molecular complexity index is 1680. The molecular formula is C26H16F6N4O4. The molecule has 3 aromatic heterocycles. The second-order valence-corrected chi connectivity index (χ2v) is 8.48. The second kappa shape index (κ2) is 9.39. The maximum Gasteiger partial charge on any atom is 0.420 e. The van der Waals surface area contributed by atoms with Gasteiger partial charge >= 0.3 is 24.3 Å². The van der Waals surface area contributed by atoms with Gasteiger partial charge in [0.15, 0.2) is 0 Å². The van der Waals surface area contributed by atoms with E-state index in [9.17, 15) is 35.9 Å². The molecule has 3 aromatic rings. The van der Waals surface area contributed by atoms with Gasteiger partial charge in [-0.25, -0.2) is 19.6 Å². The van der Waals surface area contributed by atoms with Crippen LogP contribution in [0, 0.1) is 0 Å². The third-order valence-electron chi connectivity index (χ3n) is 6.10. The molecular weight excluding hydrogens is 546 g/mol. The van der Waals surface area contributed by atoms with Crippen LogP contribution in [0.15, 0.2) is 24.3 Å². The summed E-state index contributed by atoms with van der Waals surface area (Å²) in [7, 11) is 2.02. The number of nitrogens with one attached hydrogen (secondary N) is 2.